The van der Waals surface area contributed by atoms with E-state index in [2.05, 4.69) is 63.0 Å². The highest BCUT2D eigenvalue weighted by molar-refractivity contribution is 6.90. The van der Waals surface area contributed by atoms with Crippen LogP contribution in [0, 0.1) is 11.5 Å². The molecule has 0 amide bonds. The maximum atomic E-state index is 11.4. The number of aromatic amines is 1. The average Bonchev–Trinajstić information content (AvgIpc) is 2.95. The van der Waals surface area contributed by atoms with Crippen molar-refractivity contribution in [3.05, 3.63) is 29.6 Å². The molecule has 2 rings (SSSR count). The fourth-order valence-corrected chi connectivity index (χ4v) is 9.06. The van der Waals surface area contributed by atoms with Gasteiger partial charge in [-0.2, -0.15) is 0 Å². The van der Waals surface area contributed by atoms with Crippen LogP contribution in [0.2, 0.25) is 16.6 Å². The smallest absolute Gasteiger partial charge is 0.152 e. The molecule has 0 aliphatic carbocycles. The predicted molar refractivity (Wildman–Crippen MR) is 99.4 cm³/mol. The summed E-state index contributed by atoms with van der Waals surface area (Å²) in [5.41, 5.74) is 7.56. The number of carbonyl (C=O) groups is 1. The van der Waals surface area contributed by atoms with Gasteiger partial charge in [0.2, 0.25) is 0 Å². The van der Waals surface area contributed by atoms with Crippen molar-refractivity contribution in [2.75, 3.05) is 0 Å². The van der Waals surface area contributed by atoms with Crippen LogP contribution in [0.15, 0.2) is 18.5 Å². The van der Waals surface area contributed by atoms with Crippen molar-refractivity contribution < 1.29 is 4.79 Å². The van der Waals surface area contributed by atoms with Gasteiger partial charge in [0.25, 0.3) is 0 Å². The predicted octanol–water partition coefficient (Wildman–Crippen LogP) is 4.94. The minimum atomic E-state index is -1.82. The average molecular weight is 327 g/mol. The van der Waals surface area contributed by atoms with Crippen LogP contribution in [0.5, 0.6) is 0 Å². The van der Waals surface area contributed by atoms with Crippen LogP contribution in [-0.2, 0) is 0 Å². The molecule has 0 spiro atoms. The minimum absolute atomic E-state index is 0.568. The number of carbonyl (C=O) groups excluding carboxylic acids is 1. The summed E-state index contributed by atoms with van der Waals surface area (Å²) in [4.78, 5) is 18.8. The summed E-state index contributed by atoms with van der Waals surface area (Å²) in [6.07, 6.45) is 4.31. The Morgan fingerprint density at radius 2 is 1.74 bits per heavy atom. The van der Waals surface area contributed by atoms with Crippen LogP contribution in [0.1, 0.15) is 57.5 Å². The zero-order valence-electron chi connectivity index (χ0n) is 14.9. The molecule has 0 aromatic carbocycles. The molecule has 0 unspecified atom stereocenters. The lowest BCUT2D eigenvalue weighted by atomic mass is 10.1. The number of hydrogen-bond donors (Lipinski definition) is 1. The molecule has 2 aromatic heterocycles. The first kappa shape index (κ1) is 17.5. The maximum absolute atomic E-state index is 11.4. The van der Waals surface area contributed by atoms with E-state index in [-0.39, 0.29) is 0 Å². The minimum Gasteiger partial charge on any atom is -0.346 e. The van der Waals surface area contributed by atoms with E-state index in [0.717, 1.165) is 22.9 Å². The van der Waals surface area contributed by atoms with E-state index in [0.29, 0.717) is 22.2 Å². The second-order valence-electron chi connectivity index (χ2n) is 7.09. The Labute approximate surface area is 139 Å². The van der Waals surface area contributed by atoms with E-state index in [9.17, 15) is 4.79 Å². The van der Waals surface area contributed by atoms with Crippen LogP contribution in [0.3, 0.4) is 0 Å². The summed E-state index contributed by atoms with van der Waals surface area (Å²) in [6.45, 7) is 13.7. The first-order valence-electron chi connectivity index (χ1n) is 8.29. The summed E-state index contributed by atoms with van der Waals surface area (Å²) in [5, 5.41) is 0.932. The number of hydrogen-bond acceptors (Lipinski definition) is 2. The number of rotatable bonds is 4. The van der Waals surface area contributed by atoms with Gasteiger partial charge in [-0.1, -0.05) is 47.5 Å². The largest absolute Gasteiger partial charge is 0.346 e. The van der Waals surface area contributed by atoms with Gasteiger partial charge in [-0.15, -0.1) is 5.54 Å². The Balaban J connectivity index is 2.68. The summed E-state index contributed by atoms with van der Waals surface area (Å²) in [7, 11) is -1.82. The van der Waals surface area contributed by atoms with Gasteiger partial charge in [0, 0.05) is 28.9 Å². The number of nitrogens with zero attached hydrogens (tertiary/aromatic N) is 1. The summed E-state index contributed by atoms with van der Waals surface area (Å²) in [6, 6.07) is 1.95. The molecule has 4 heteroatoms. The van der Waals surface area contributed by atoms with Crippen molar-refractivity contribution in [3.63, 3.8) is 0 Å². The highest BCUT2D eigenvalue weighted by Crippen LogP contribution is 2.40. The topological polar surface area (TPSA) is 45.8 Å². The van der Waals surface area contributed by atoms with E-state index >= 15 is 0 Å². The Morgan fingerprint density at radius 3 is 2.26 bits per heavy atom. The molecule has 1 N–H and O–H groups in total. The molecule has 122 valence electrons. The first-order valence-corrected chi connectivity index (χ1v) is 10.5. The van der Waals surface area contributed by atoms with E-state index in [4.69, 9.17) is 0 Å². The van der Waals surface area contributed by atoms with E-state index in [1.165, 1.54) is 0 Å². The lowest BCUT2D eigenvalue weighted by Gasteiger charge is -2.38. The van der Waals surface area contributed by atoms with Crippen LogP contribution >= 0.6 is 0 Å². The summed E-state index contributed by atoms with van der Waals surface area (Å²) in [5.74, 6) is 3.40. The van der Waals surface area contributed by atoms with Crippen LogP contribution < -0.4 is 0 Å². The third-order valence-corrected chi connectivity index (χ3v) is 11.3. The van der Waals surface area contributed by atoms with Crippen molar-refractivity contribution in [3.8, 4) is 11.5 Å². The molecule has 0 atom stereocenters. The lowest BCUT2D eigenvalue weighted by Crippen LogP contribution is -2.43. The second kappa shape index (κ2) is 6.72. The highest BCUT2D eigenvalue weighted by atomic mass is 28.3. The molecule has 0 saturated carbocycles. The zero-order valence-corrected chi connectivity index (χ0v) is 15.9. The lowest BCUT2D eigenvalue weighted by molar-refractivity contribution is 0.112. The molecule has 3 nitrogen and oxygen atoms in total. The monoisotopic (exact) mass is 326 g/mol. The SMILES string of the molecule is CC(C)[Si](C#Cc1c(C=O)cnc2[nH]ccc12)(C(C)C)C(C)C. The molecule has 2 aromatic rings. The van der Waals surface area contributed by atoms with Gasteiger partial charge in [0.05, 0.1) is 0 Å². The molecule has 2 heterocycles. The van der Waals surface area contributed by atoms with Gasteiger partial charge >= 0.3 is 0 Å². The number of aldehydes is 1. The Hall–Kier alpha value is -1.86. The Bertz CT molecular complexity index is 741. The molecule has 0 fully saturated rings. The Morgan fingerprint density at radius 1 is 1.13 bits per heavy atom. The van der Waals surface area contributed by atoms with Gasteiger partial charge in [0.15, 0.2) is 6.29 Å². The first-order chi connectivity index (χ1) is 10.8. The molecule has 0 radical (unpaired) electrons. The third kappa shape index (κ3) is 2.98. The van der Waals surface area contributed by atoms with Crippen molar-refractivity contribution in [2.45, 2.75) is 58.2 Å². The van der Waals surface area contributed by atoms with E-state index < -0.39 is 8.07 Å². The molecular formula is C19H26N2OSi. The second-order valence-corrected chi connectivity index (χ2v) is 12.7. The van der Waals surface area contributed by atoms with Crippen LogP contribution in [-0.4, -0.2) is 24.3 Å². The number of nitrogens with one attached hydrogen (secondary N) is 1. The number of H-pyrrole nitrogens is 1. The van der Waals surface area contributed by atoms with Crippen molar-refractivity contribution >= 4 is 25.4 Å². The fraction of sp³-hybridized carbons (Fsp3) is 0.474. The van der Waals surface area contributed by atoms with E-state index in [1.54, 1.807) is 6.20 Å². The standard InChI is InChI=1S/C19H26N2OSi/c1-13(2)23(14(3)4,15(5)6)10-8-17-16(12-22)11-21-19-18(17)7-9-20-19/h7,9,11-15H,1-6H3,(H,20,21). The quantitative estimate of drug-likeness (QED) is 0.491. The Kier molecular flexibility index (Phi) is 5.11. The van der Waals surface area contributed by atoms with Gasteiger partial charge in [0.1, 0.15) is 13.7 Å². The van der Waals surface area contributed by atoms with Crippen molar-refractivity contribution in [1.82, 2.24) is 9.97 Å². The molecule has 0 aliphatic heterocycles. The fourth-order valence-electron chi connectivity index (χ4n) is 3.86. The maximum Gasteiger partial charge on any atom is 0.152 e. The van der Waals surface area contributed by atoms with Gasteiger partial charge in [-0.25, -0.2) is 4.98 Å². The molecule has 0 saturated heterocycles. The number of aromatic nitrogens is 2. The third-order valence-electron chi connectivity index (χ3n) is 5.01. The normalized spacial score (nSPS) is 12.0. The highest BCUT2D eigenvalue weighted by Gasteiger charge is 2.41. The van der Waals surface area contributed by atoms with E-state index in [1.807, 2.05) is 12.3 Å². The van der Waals surface area contributed by atoms with Gasteiger partial charge < -0.3 is 4.98 Å². The van der Waals surface area contributed by atoms with Gasteiger partial charge in [-0.3, -0.25) is 4.79 Å². The van der Waals surface area contributed by atoms with Gasteiger partial charge in [-0.05, 0) is 22.7 Å². The molecule has 0 bridgehead atoms. The number of pyridine rings is 1. The summed E-state index contributed by atoms with van der Waals surface area (Å²) < 4.78 is 0. The van der Waals surface area contributed by atoms with Crippen molar-refractivity contribution in [2.24, 2.45) is 0 Å². The zero-order chi connectivity index (χ0) is 17.2. The molecule has 0 aliphatic rings. The van der Waals surface area contributed by atoms with Crippen molar-refractivity contribution in [1.29, 1.82) is 0 Å². The molecular weight excluding hydrogens is 300 g/mol. The molecule has 23 heavy (non-hydrogen) atoms. The summed E-state index contributed by atoms with van der Waals surface area (Å²) >= 11 is 0. The number of fused-ring (bicyclic) bond motifs is 1. The van der Waals surface area contributed by atoms with Crippen LogP contribution in [0.4, 0.5) is 0 Å². The van der Waals surface area contributed by atoms with Crippen LogP contribution in [0.25, 0.3) is 11.0 Å².